The summed E-state index contributed by atoms with van der Waals surface area (Å²) in [4.78, 5) is 37.5. The number of carbonyl (C=O) groups is 3. The van der Waals surface area contributed by atoms with Gasteiger partial charge in [0.15, 0.2) is 18.1 Å². The number of benzene rings is 1. The standard InChI is InChI=1S/C20H22N2O6S/c1-3-5-9-28-18(23)13-22-19(24)17(29-20(22)25)12-14-6-7-15(27-10-8-21)16(11-14)26-4-2/h6-7,11-12H,3-5,9-10,13H2,1-2H3/b17-12-. The Hall–Kier alpha value is -2.99. The molecule has 1 heterocycles. The minimum Gasteiger partial charge on any atom is -0.490 e. The molecule has 0 atom stereocenters. The summed E-state index contributed by atoms with van der Waals surface area (Å²) in [7, 11) is 0. The summed E-state index contributed by atoms with van der Waals surface area (Å²) in [6, 6.07) is 6.85. The molecule has 2 amide bonds. The molecule has 0 bridgehead atoms. The van der Waals surface area contributed by atoms with Crippen LogP contribution in [0.1, 0.15) is 32.3 Å². The zero-order chi connectivity index (χ0) is 21.2. The summed E-state index contributed by atoms with van der Waals surface area (Å²) in [5.41, 5.74) is 0.619. The van der Waals surface area contributed by atoms with Crippen molar-refractivity contribution in [1.82, 2.24) is 4.90 Å². The molecule has 1 aliphatic heterocycles. The molecule has 9 heteroatoms. The van der Waals surface area contributed by atoms with Crippen LogP contribution in [0.15, 0.2) is 23.1 Å². The zero-order valence-electron chi connectivity index (χ0n) is 16.3. The van der Waals surface area contributed by atoms with Crippen molar-refractivity contribution in [3.8, 4) is 17.6 Å². The van der Waals surface area contributed by atoms with Gasteiger partial charge in [-0.25, -0.2) is 0 Å². The second-order valence-electron chi connectivity index (χ2n) is 5.93. The summed E-state index contributed by atoms with van der Waals surface area (Å²) >= 11 is 0.760. The molecule has 2 rings (SSSR count). The third-order valence-electron chi connectivity index (χ3n) is 3.78. The maximum absolute atomic E-state index is 12.5. The first-order valence-corrected chi connectivity index (χ1v) is 9.99. The fourth-order valence-corrected chi connectivity index (χ4v) is 3.24. The first-order chi connectivity index (χ1) is 14.0. The average Bonchev–Trinajstić information content (AvgIpc) is 2.95. The van der Waals surface area contributed by atoms with E-state index in [1.54, 1.807) is 24.3 Å². The lowest BCUT2D eigenvalue weighted by molar-refractivity contribution is -0.146. The molecule has 0 aromatic heterocycles. The average molecular weight is 418 g/mol. The van der Waals surface area contributed by atoms with Crippen LogP contribution in [0.2, 0.25) is 0 Å². The number of unbranched alkanes of at least 4 members (excludes halogenated alkanes) is 1. The lowest BCUT2D eigenvalue weighted by Crippen LogP contribution is -2.34. The van der Waals surface area contributed by atoms with Crippen LogP contribution in [0.5, 0.6) is 11.5 Å². The number of nitrogens with zero attached hydrogens (tertiary/aromatic N) is 2. The number of imide groups is 1. The van der Waals surface area contributed by atoms with Crippen LogP contribution >= 0.6 is 11.8 Å². The van der Waals surface area contributed by atoms with Gasteiger partial charge in [0.05, 0.1) is 18.1 Å². The summed E-state index contributed by atoms with van der Waals surface area (Å²) in [5, 5.41) is 8.14. The monoisotopic (exact) mass is 418 g/mol. The lowest BCUT2D eigenvalue weighted by Gasteiger charge is -2.12. The highest BCUT2D eigenvalue weighted by atomic mass is 32.2. The first kappa shape index (κ1) is 22.3. The van der Waals surface area contributed by atoms with Crippen LogP contribution in [0, 0.1) is 11.3 Å². The van der Waals surface area contributed by atoms with E-state index in [4.69, 9.17) is 19.5 Å². The van der Waals surface area contributed by atoms with E-state index in [-0.39, 0.29) is 18.1 Å². The van der Waals surface area contributed by atoms with Crippen molar-refractivity contribution < 1.29 is 28.6 Å². The van der Waals surface area contributed by atoms with Gasteiger partial charge in [0.25, 0.3) is 11.1 Å². The summed E-state index contributed by atoms with van der Waals surface area (Å²) in [6.07, 6.45) is 3.15. The smallest absolute Gasteiger partial charge is 0.326 e. The van der Waals surface area contributed by atoms with E-state index in [1.165, 1.54) is 0 Å². The van der Waals surface area contributed by atoms with E-state index in [2.05, 4.69) is 0 Å². The lowest BCUT2D eigenvalue weighted by atomic mass is 10.2. The fourth-order valence-electron chi connectivity index (χ4n) is 2.40. The molecule has 0 saturated carbocycles. The van der Waals surface area contributed by atoms with Gasteiger partial charge in [0.1, 0.15) is 12.6 Å². The molecule has 1 aromatic rings. The van der Waals surface area contributed by atoms with Crippen molar-refractivity contribution in [2.45, 2.75) is 26.7 Å². The Labute approximate surface area is 173 Å². The normalized spacial score (nSPS) is 14.8. The maximum Gasteiger partial charge on any atom is 0.326 e. The molecule has 1 fully saturated rings. The number of hydrogen-bond donors (Lipinski definition) is 0. The minimum absolute atomic E-state index is 0.118. The van der Waals surface area contributed by atoms with Gasteiger partial charge in [-0.1, -0.05) is 19.4 Å². The summed E-state index contributed by atoms with van der Waals surface area (Å²) < 4.78 is 15.8. The summed E-state index contributed by atoms with van der Waals surface area (Å²) in [5.74, 6) is -0.321. The molecule has 29 heavy (non-hydrogen) atoms. The third kappa shape index (κ3) is 6.26. The Balaban J connectivity index is 2.13. The number of carbonyl (C=O) groups excluding carboxylic acids is 3. The van der Waals surface area contributed by atoms with Crippen LogP contribution in [-0.4, -0.2) is 48.4 Å². The van der Waals surface area contributed by atoms with Gasteiger partial charge in [-0.05, 0) is 48.9 Å². The zero-order valence-corrected chi connectivity index (χ0v) is 17.1. The molecule has 0 aliphatic carbocycles. The minimum atomic E-state index is -0.611. The Morgan fingerprint density at radius 2 is 2.03 bits per heavy atom. The number of thioether (sulfide) groups is 1. The molecular weight excluding hydrogens is 396 g/mol. The van der Waals surface area contributed by atoms with Gasteiger partial charge in [0.2, 0.25) is 0 Å². The van der Waals surface area contributed by atoms with Crippen molar-refractivity contribution >= 4 is 35.0 Å². The molecule has 8 nitrogen and oxygen atoms in total. The quantitative estimate of drug-likeness (QED) is 0.323. The fraction of sp³-hybridized carbons (Fsp3) is 0.400. The van der Waals surface area contributed by atoms with E-state index < -0.39 is 23.7 Å². The Bertz CT molecular complexity index is 846. The number of hydrogen-bond acceptors (Lipinski definition) is 8. The van der Waals surface area contributed by atoms with Crippen molar-refractivity contribution in [3.63, 3.8) is 0 Å². The number of ether oxygens (including phenoxy) is 3. The summed E-state index contributed by atoms with van der Waals surface area (Å²) in [6.45, 7) is 3.91. The molecular formula is C20H22N2O6S. The van der Waals surface area contributed by atoms with Crippen molar-refractivity contribution in [2.75, 3.05) is 26.4 Å². The largest absolute Gasteiger partial charge is 0.490 e. The van der Waals surface area contributed by atoms with Gasteiger partial charge >= 0.3 is 5.97 Å². The topological polar surface area (TPSA) is 106 Å². The van der Waals surface area contributed by atoms with Crippen LogP contribution < -0.4 is 9.47 Å². The highest BCUT2D eigenvalue weighted by Gasteiger charge is 2.36. The number of amides is 2. The van der Waals surface area contributed by atoms with E-state index in [1.807, 2.05) is 19.9 Å². The molecule has 1 saturated heterocycles. The van der Waals surface area contributed by atoms with Crippen LogP contribution in [0.3, 0.4) is 0 Å². The second-order valence-corrected chi connectivity index (χ2v) is 6.92. The Kier molecular flexibility index (Phi) is 8.55. The highest BCUT2D eigenvalue weighted by Crippen LogP contribution is 2.34. The predicted molar refractivity (Wildman–Crippen MR) is 107 cm³/mol. The van der Waals surface area contributed by atoms with Gasteiger partial charge in [0, 0.05) is 0 Å². The van der Waals surface area contributed by atoms with E-state index in [0.29, 0.717) is 23.7 Å². The van der Waals surface area contributed by atoms with Gasteiger partial charge in [-0.3, -0.25) is 19.3 Å². The molecule has 154 valence electrons. The molecule has 1 aliphatic rings. The Morgan fingerprint density at radius 3 is 2.72 bits per heavy atom. The molecule has 0 N–H and O–H groups in total. The number of rotatable bonds is 10. The van der Waals surface area contributed by atoms with E-state index in [0.717, 1.165) is 29.5 Å². The van der Waals surface area contributed by atoms with E-state index >= 15 is 0 Å². The molecule has 0 radical (unpaired) electrons. The second kappa shape index (κ2) is 11.1. The number of nitriles is 1. The van der Waals surface area contributed by atoms with Gasteiger partial charge in [-0.2, -0.15) is 5.26 Å². The maximum atomic E-state index is 12.5. The third-order valence-corrected chi connectivity index (χ3v) is 4.69. The van der Waals surface area contributed by atoms with Gasteiger partial charge in [-0.15, -0.1) is 0 Å². The highest BCUT2D eigenvalue weighted by molar-refractivity contribution is 8.18. The van der Waals surface area contributed by atoms with Crippen molar-refractivity contribution in [3.05, 3.63) is 28.7 Å². The van der Waals surface area contributed by atoms with Crippen molar-refractivity contribution in [2.24, 2.45) is 0 Å². The number of esters is 1. The van der Waals surface area contributed by atoms with Crippen LogP contribution in [0.25, 0.3) is 6.08 Å². The molecule has 0 spiro atoms. The van der Waals surface area contributed by atoms with Crippen LogP contribution in [-0.2, 0) is 14.3 Å². The molecule has 1 aromatic carbocycles. The SMILES string of the molecule is CCCCOC(=O)CN1C(=O)S/C(=C\c2ccc(OCC#N)c(OCC)c2)C1=O. The first-order valence-electron chi connectivity index (χ1n) is 9.17. The van der Waals surface area contributed by atoms with Gasteiger partial charge < -0.3 is 14.2 Å². The van der Waals surface area contributed by atoms with E-state index in [9.17, 15) is 14.4 Å². The Morgan fingerprint density at radius 1 is 1.24 bits per heavy atom. The van der Waals surface area contributed by atoms with Crippen molar-refractivity contribution in [1.29, 1.82) is 5.26 Å². The van der Waals surface area contributed by atoms with Crippen LogP contribution in [0.4, 0.5) is 4.79 Å². The molecule has 0 unspecified atom stereocenters. The predicted octanol–water partition coefficient (Wildman–Crippen LogP) is 3.37.